The van der Waals surface area contributed by atoms with Crippen LogP contribution in [0.4, 0.5) is 13.2 Å². The van der Waals surface area contributed by atoms with Crippen molar-refractivity contribution in [2.75, 3.05) is 6.54 Å². The van der Waals surface area contributed by atoms with Crippen molar-refractivity contribution >= 4 is 44.6 Å². The predicted octanol–water partition coefficient (Wildman–Crippen LogP) is 4.24. The fraction of sp³-hybridized carbons (Fsp3) is 0.423. The Hall–Kier alpha value is -2.82. The smallest absolute Gasteiger partial charge is 0.333 e. The average molecular weight is 642 g/mol. The summed E-state index contributed by atoms with van der Waals surface area (Å²) in [6.45, 7) is -2.68. The average Bonchev–Trinajstić information content (AvgIpc) is 3.70. The van der Waals surface area contributed by atoms with Crippen LogP contribution >= 0.6 is 22.9 Å². The molecule has 224 valence electrons. The van der Waals surface area contributed by atoms with Gasteiger partial charge in [-0.3, -0.25) is 4.99 Å². The molecule has 1 aromatic carbocycles. The summed E-state index contributed by atoms with van der Waals surface area (Å²) in [5, 5.41) is 16.3. The Balaban J connectivity index is 1.40. The van der Waals surface area contributed by atoms with Gasteiger partial charge in [-0.15, -0.1) is 11.3 Å². The lowest BCUT2D eigenvalue weighted by Gasteiger charge is -2.32. The van der Waals surface area contributed by atoms with Crippen LogP contribution < -0.4 is 9.44 Å². The number of halogens is 4. The Labute approximate surface area is 249 Å². The highest BCUT2D eigenvalue weighted by Gasteiger charge is 2.42. The molecule has 6 rings (SSSR count). The third kappa shape index (κ3) is 5.98. The molecule has 16 heteroatoms. The number of nitrogens with zero attached hydrogens (tertiary/aromatic N) is 5. The predicted molar refractivity (Wildman–Crippen MR) is 152 cm³/mol. The van der Waals surface area contributed by atoms with Gasteiger partial charge >= 0.3 is 6.55 Å². The van der Waals surface area contributed by atoms with E-state index in [9.17, 15) is 26.7 Å². The van der Waals surface area contributed by atoms with E-state index in [2.05, 4.69) is 19.5 Å². The molecular weight excluding hydrogens is 615 g/mol. The maximum atomic E-state index is 14.0. The van der Waals surface area contributed by atoms with Crippen molar-refractivity contribution < 1.29 is 26.7 Å². The van der Waals surface area contributed by atoms with Crippen molar-refractivity contribution in [3.8, 4) is 0 Å². The van der Waals surface area contributed by atoms with Gasteiger partial charge in [-0.05, 0) is 43.9 Å². The molecule has 1 aliphatic carbocycles. The third-order valence-corrected chi connectivity index (χ3v) is 9.95. The number of hydrogen-bond donors (Lipinski definition) is 3. The lowest BCUT2D eigenvalue weighted by molar-refractivity contribution is 0.0564. The Kier molecular flexibility index (Phi) is 8.15. The first kappa shape index (κ1) is 29.3. The molecule has 0 unspecified atom stereocenters. The summed E-state index contributed by atoms with van der Waals surface area (Å²) in [4.78, 5) is 11.2. The summed E-state index contributed by atoms with van der Waals surface area (Å²) in [5.41, 5.74) is 1.73. The number of amidine groups is 1. The van der Waals surface area contributed by atoms with Crippen LogP contribution in [0.5, 0.6) is 0 Å². The Bertz CT molecular complexity index is 1620. The minimum atomic E-state index is -3.93. The van der Waals surface area contributed by atoms with Crippen LogP contribution in [0, 0.1) is 5.82 Å². The molecule has 42 heavy (non-hydrogen) atoms. The van der Waals surface area contributed by atoms with E-state index in [0.29, 0.717) is 58.0 Å². The van der Waals surface area contributed by atoms with Crippen molar-refractivity contribution in [1.29, 1.82) is 0 Å². The van der Waals surface area contributed by atoms with E-state index in [1.54, 1.807) is 11.6 Å². The standard InChI is InChI=1S/C26H27ClF3N7O3S2/c27-19-11-14(28)1-6-18(19)23-22(20-7-9-37(33-20)26(29)30)21-12-16(13-36(21)24(32-23)25-31-8-10-41-25)35-42(39,40)34-15-2-4-17(38)5-3-15/h1,6-11,15-17,23,26,34-35,38H,2-5,12-13H2/t15-,16-,17+,23-/m0/s1. The molecule has 2 atom stereocenters. The first-order valence-corrected chi connectivity index (χ1v) is 16.1. The second-order valence-corrected chi connectivity index (χ2v) is 13.2. The second-order valence-electron chi connectivity index (χ2n) is 10.4. The first-order valence-electron chi connectivity index (χ1n) is 13.3. The number of aliphatic imine (C=N–C) groups is 1. The molecule has 0 bridgehead atoms. The van der Waals surface area contributed by atoms with Crippen LogP contribution in [-0.4, -0.2) is 63.8 Å². The number of alkyl halides is 2. The molecule has 0 spiro atoms. The van der Waals surface area contributed by atoms with Gasteiger partial charge in [0.1, 0.15) is 11.9 Å². The van der Waals surface area contributed by atoms with E-state index in [1.807, 2.05) is 4.90 Å². The van der Waals surface area contributed by atoms with Crippen LogP contribution in [0.3, 0.4) is 0 Å². The molecular formula is C26H27ClF3N7O3S2. The zero-order valence-corrected chi connectivity index (χ0v) is 24.4. The van der Waals surface area contributed by atoms with Gasteiger partial charge in [0.2, 0.25) is 0 Å². The quantitative estimate of drug-likeness (QED) is 0.338. The summed E-state index contributed by atoms with van der Waals surface area (Å²) in [6, 6.07) is 3.58. The Morgan fingerprint density at radius 3 is 2.55 bits per heavy atom. The Morgan fingerprint density at radius 2 is 1.88 bits per heavy atom. The molecule has 3 aromatic rings. The summed E-state index contributed by atoms with van der Waals surface area (Å²) < 4.78 is 73.3. The third-order valence-electron chi connectivity index (χ3n) is 7.57. The Morgan fingerprint density at radius 1 is 1.12 bits per heavy atom. The molecule has 1 saturated heterocycles. The number of nitrogens with one attached hydrogen (secondary N) is 2. The normalized spacial score (nSPS) is 24.8. The topological polar surface area (TPSA) is 125 Å². The van der Waals surface area contributed by atoms with Gasteiger partial charge in [0.15, 0.2) is 10.8 Å². The molecule has 2 aliphatic heterocycles. The maximum absolute atomic E-state index is 14.0. The number of aromatic nitrogens is 3. The van der Waals surface area contributed by atoms with Gasteiger partial charge in [0, 0.05) is 64.7 Å². The molecule has 2 fully saturated rings. The number of thiazole rings is 1. The maximum Gasteiger partial charge on any atom is 0.333 e. The molecule has 10 nitrogen and oxygen atoms in total. The van der Waals surface area contributed by atoms with Gasteiger partial charge < -0.3 is 10.0 Å². The second kappa shape index (κ2) is 11.7. The van der Waals surface area contributed by atoms with E-state index in [0.717, 1.165) is 12.3 Å². The van der Waals surface area contributed by atoms with E-state index in [-0.39, 0.29) is 29.7 Å². The zero-order valence-electron chi connectivity index (χ0n) is 22.0. The van der Waals surface area contributed by atoms with Gasteiger partial charge in [-0.25, -0.2) is 14.1 Å². The largest absolute Gasteiger partial charge is 0.393 e. The minimum Gasteiger partial charge on any atom is -0.393 e. The van der Waals surface area contributed by atoms with Crippen LogP contribution in [0.15, 0.2) is 52.7 Å². The van der Waals surface area contributed by atoms with E-state index in [4.69, 9.17) is 16.6 Å². The number of benzene rings is 1. The monoisotopic (exact) mass is 641 g/mol. The fourth-order valence-corrected chi connectivity index (χ4v) is 7.95. The van der Waals surface area contributed by atoms with Gasteiger partial charge in [0.25, 0.3) is 10.2 Å². The number of aliphatic hydroxyl groups is 1. The zero-order chi connectivity index (χ0) is 29.6. The number of fused-ring (bicyclic) bond motifs is 1. The highest BCUT2D eigenvalue weighted by atomic mass is 35.5. The summed E-state index contributed by atoms with van der Waals surface area (Å²) >= 11 is 7.82. The minimum absolute atomic E-state index is 0.0964. The number of rotatable bonds is 8. The van der Waals surface area contributed by atoms with Crippen molar-refractivity contribution in [3.05, 3.63) is 74.8 Å². The van der Waals surface area contributed by atoms with Gasteiger partial charge in [0.05, 0.1) is 11.8 Å². The molecule has 4 heterocycles. The van der Waals surface area contributed by atoms with Crippen LogP contribution in [0.25, 0.3) is 5.57 Å². The van der Waals surface area contributed by atoms with Gasteiger partial charge in [-0.2, -0.15) is 31.7 Å². The van der Waals surface area contributed by atoms with E-state index < -0.39 is 40.8 Å². The van der Waals surface area contributed by atoms with Crippen molar-refractivity contribution in [3.63, 3.8) is 0 Å². The van der Waals surface area contributed by atoms with Gasteiger partial charge in [-0.1, -0.05) is 17.7 Å². The number of aliphatic hydroxyl groups excluding tert-OH is 1. The molecule has 1 saturated carbocycles. The summed E-state index contributed by atoms with van der Waals surface area (Å²) in [7, 11) is -3.93. The molecule has 0 radical (unpaired) electrons. The van der Waals surface area contributed by atoms with E-state index >= 15 is 0 Å². The molecule has 3 N–H and O–H groups in total. The number of hydrogen-bond acceptors (Lipinski definition) is 8. The summed E-state index contributed by atoms with van der Waals surface area (Å²) in [5.74, 6) is -0.0878. The van der Waals surface area contributed by atoms with Crippen molar-refractivity contribution in [2.45, 2.75) is 62.9 Å². The highest BCUT2D eigenvalue weighted by molar-refractivity contribution is 7.87. The van der Waals surface area contributed by atoms with E-state index in [1.165, 1.54) is 29.5 Å². The lowest BCUT2D eigenvalue weighted by atomic mass is 9.92. The highest BCUT2D eigenvalue weighted by Crippen LogP contribution is 2.46. The molecule has 0 amide bonds. The molecule has 2 aromatic heterocycles. The fourth-order valence-electron chi connectivity index (χ4n) is 5.70. The lowest BCUT2D eigenvalue weighted by Crippen LogP contribution is -2.48. The van der Waals surface area contributed by atoms with Crippen molar-refractivity contribution in [2.24, 2.45) is 4.99 Å². The summed E-state index contributed by atoms with van der Waals surface area (Å²) in [6.07, 6.45) is 4.65. The SMILES string of the molecule is O=S(=O)(N[C@H]1CC2=C(c3ccn(C(F)F)n3)[C@H](c3ccc(F)cc3Cl)N=C(c3nccs3)N2C1)N[C@H]1CC[C@@H](O)CC1. The van der Waals surface area contributed by atoms with Crippen LogP contribution in [0.2, 0.25) is 5.02 Å². The molecule has 3 aliphatic rings. The van der Waals surface area contributed by atoms with Crippen LogP contribution in [-0.2, 0) is 10.2 Å². The first-order chi connectivity index (χ1) is 20.1. The van der Waals surface area contributed by atoms with Crippen molar-refractivity contribution in [1.82, 2.24) is 29.1 Å². The van der Waals surface area contributed by atoms with Crippen LogP contribution in [0.1, 0.15) is 61.0 Å².